The zero-order chi connectivity index (χ0) is 13.0. The van der Waals surface area contributed by atoms with E-state index in [4.69, 9.17) is 28.9 Å². The van der Waals surface area contributed by atoms with E-state index in [1.165, 1.54) is 25.7 Å². The molecule has 1 aliphatic rings. The minimum Gasteiger partial charge on any atom is -0.387 e. The van der Waals surface area contributed by atoms with Crippen molar-refractivity contribution in [2.75, 3.05) is 6.54 Å². The lowest BCUT2D eigenvalue weighted by molar-refractivity contribution is 0.715. The number of benzene rings is 1. The molecule has 0 heterocycles. The van der Waals surface area contributed by atoms with Gasteiger partial charge in [0, 0.05) is 22.5 Å². The van der Waals surface area contributed by atoms with Crippen LogP contribution in [-0.4, -0.2) is 12.4 Å². The van der Waals surface area contributed by atoms with Gasteiger partial charge in [0.1, 0.15) is 0 Å². The van der Waals surface area contributed by atoms with Crippen molar-refractivity contribution in [1.82, 2.24) is 0 Å². The average Bonchev–Trinajstić information content (AvgIpc) is 2.85. The first-order valence-electron chi connectivity index (χ1n) is 6.40. The molecule has 1 aromatic rings. The highest BCUT2D eigenvalue weighted by Gasteiger charge is 2.18. The second kappa shape index (κ2) is 6.44. The van der Waals surface area contributed by atoms with Crippen molar-refractivity contribution < 1.29 is 0 Å². The molecule has 1 aromatic carbocycles. The van der Waals surface area contributed by atoms with Crippen LogP contribution in [0.1, 0.15) is 31.2 Å². The maximum atomic E-state index is 6.11. The Labute approximate surface area is 118 Å². The molecular weight excluding hydrogens is 267 g/mol. The molecule has 2 N–H and O–H groups in total. The van der Waals surface area contributed by atoms with Gasteiger partial charge >= 0.3 is 0 Å². The molecule has 2 rings (SSSR count). The molecule has 1 saturated carbocycles. The van der Waals surface area contributed by atoms with Crippen molar-refractivity contribution in [2.24, 2.45) is 16.6 Å². The minimum absolute atomic E-state index is 0.505. The Hall–Kier alpha value is -0.730. The predicted molar refractivity (Wildman–Crippen MR) is 78.6 cm³/mol. The molecule has 0 aromatic heterocycles. The molecule has 4 heteroatoms. The third-order valence-corrected chi connectivity index (χ3v) is 4.05. The fourth-order valence-electron chi connectivity index (χ4n) is 2.38. The third-order valence-electron chi connectivity index (χ3n) is 3.46. The van der Waals surface area contributed by atoms with Gasteiger partial charge < -0.3 is 5.73 Å². The highest BCUT2D eigenvalue weighted by Crippen LogP contribution is 2.25. The van der Waals surface area contributed by atoms with E-state index >= 15 is 0 Å². The van der Waals surface area contributed by atoms with E-state index in [2.05, 4.69) is 4.99 Å². The van der Waals surface area contributed by atoms with Crippen LogP contribution in [0.3, 0.4) is 0 Å². The smallest absolute Gasteiger partial charge is 0.0968 e. The van der Waals surface area contributed by atoms with Crippen LogP contribution in [0.4, 0.5) is 0 Å². The number of amidine groups is 1. The zero-order valence-electron chi connectivity index (χ0n) is 10.3. The van der Waals surface area contributed by atoms with Crippen LogP contribution >= 0.6 is 23.2 Å². The lowest BCUT2D eigenvalue weighted by Gasteiger charge is -2.08. The Morgan fingerprint density at radius 1 is 1.28 bits per heavy atom. The first-order valence-corrected chi connectivity index (χ1v) is 7.16. The van der Waals surface area contributed by atoms with E-state index in [0.717, 1.165) is 17.8 Å². The van der Waals surface area contributed by atoms with E-state index in [1.807, 2.05) is 12.1 Å². The number of nitrogens with two attached hydrogens (primary N) is 1. The highest BCUT2D eigenvalue weighted by molar-refractivity contribution is 6.35. The SMILES string of the molecule is NC(=NCCc1ccc(Cl)cc1Cl)C1CCCC1. The summed E-state index contributed by atoms with van der Waals surface area (Å²) in [6.07, 6.45) is 5.76. The van der Waals surface area contributed by atoms with Crippen molar-refractivity contribution in [1.29, 1.82) is 0 Å². The summed E-state index contributed by atoms with van der Waals surface area (Å²) >= 11 is 12.0. The van der Waals surface area contributed by atoms with E-state index in [9.17, 15) is 0 Å². The molecule has 0 spiro atoms. The van der Waals surface area contributed by atoms with Gasteiger partial charge in [0.15, 0.2) is 0 Å². The number of rotatable bonds is 4. The molecule has 0 radical (unpaired) electrons. The molecule has 1 aliphatic carbocycles. The fraction of sp³-hybridized carbons (Fsp3) is 0.500. The van der Waals surface area contributed by atoms with Crippen molar-refractivity contribution in [3.05, 3.63) is 33.8 Å². The molecule has 0 atom stereocenters. The predicted octanol–water partition coefficient (Wildman–Crippen LogP) is 4.08. The van der Waals surface area contributed by atoms with Gasteiger partial charge in [-0.05, 0) is 37.0 Å². The molecule has 18 heavy (non-hydrogen) atoms. The summed E-state index contributed by atoms with van der Waals surface area (Å²) in [4.78, 5) is 4.47. The molecular formula is C14H18Cl2N2. The lowest BCUT2D eigenvalue weighted by atomic mass is 10.1. The monoisotopic (exact) mass is 284 g/mol. The molecule has 98 valence electrons. The maximum Gasteiger partial charge on any atom is 0.0968 e. The van der Waals surface area contributed by atoms with E-state index in [-0.39, 0.29) is 0 Å². The summed E-state index contributed by atoms with van der Waals surface area (Å²) in [6.45, 7) is 0.698. The van der Waals surface area contributed by atoms with Crippen molar-refractivity contribution in [2.45, 2.75) is 32.1 Å². The van der Waals surface area contributed by atoms with Crippen LogP contribution in [0.15, 0.2) is 23.2 Å². The summed E-state index contributed by atoms with van der Waals surface area (Å²) in [5, 5.41) is 1.37. The van der Waals surface area contributed by atoms with Gasteiger partial charge in [0.05, 0.1) is 5.84 Å². The molecule has 0 aliphatic heterocycles. The first kappa shape index (κ1) is 13.7. The molecule has 0 saturated heterocycles. The second-order valence-corrected chi connectivity index (χ2v) is 5.62. The number of nitrogens with zero attached hydrogens (tertiary/aromatic N) is 1. The number of hydrogen-bond donors (Lipinski definition) is 1. The summed E-state index contributed by atoms with van der Waals surface area (Å²) in [7, 11) is 0. The Bertz CT molecular complexity index is 437. The van der Waals surface area contributed by atoms with Gasteiger partial charge in [-0.1, -0.05) is 42.1 Å². The third kappa shape index (κ3) is 3.63. The van der Waals surface area contributed by atoms with E-state index in [0.29, 0.717) is 22.5 Å². The number of hydrogen-bond acceptors (Lipinski definition) is 1. The van der Waals surface area contributed by atoms with Crippen molar-refractivity contribution >= 4 is 29.0 Å². The fourth-order valence-corrected chi connectivity index (χ4v) is 2.88. The second-order valence-electron chi connectivity index (χ2n) is 4.77. The lowest BCUT2D eigenvalue weighted by Crippen LogP contribution is -2.21. The van der Waals surface area contributed by atoms with Crippen LogP contribution in [0.25, 0.3) is 0 Å². The van der Waals surface area contributed by atoms with Crippen LogP contribution in [0.2, 0.25) is 10.0 Å². The summed E-state index contributed by atoms with van der Waals surface area (Å²) in [6, 6.07) is 5.57. The van der Waals surface area contributed by atoms with Gasteiger partial charge in [0.2, 0.25) is 0 Å². The van der Waals surface area contributed by atoms with Gasteiger partial charge in [-0.3, -0.25) is 4.99 Å². The quantitative estimate of drug-likeness (QED) is 0.657. The van der Waals surface area contributed by atoms with E-state index < -0.39 is 0 Å². The number of halogens is 2. The zero-order valence-corrected chi connectivity index (χ0v) is 11.8. The first-order chi connectivity index (χ1) is 8.66. The Morgan fingerprint density at radius 2 is 2.00 bits per heavy atom. The normalized spacial score (nSPS) is 17.3. The highest BCUT2D eigenvalue weighted by atomic mass is 35.5. The van der Waals surface area contributed by atoms with Gasteiger partial charge in [0.25, 0.3) is 0 Å². The van der Waals surface area contributed by atoms with Crippen LogP contribution in [0.5, 0.6) is 0 Å². The van der Waals surface area contributed by atoms with Gasteiger partial charge in [-0.25, -0.2) is 0 Å². The largest absolute Gasteiger partial charge is 0.387 e. The maximum absolute atomic E-state index is 6.11. The Balaban J connectivity index is 1.89. The summed E-state index contributed by atoms with van der Waals surface area (Å²) in [5.41, 5.74) is 7.07. The minimum atomic E-state index is 0.505. The van der Waals surface area contributed by atoms with Crippen LogP contribution < -0.4 is 5.73 Å². The number of aliphatic imine (C=N–C) groups is 1. The Kier molecular flexibility index (Phi) is 4.90. The van der Waals surface area contributed by atoms with Crippen molar-refractivity contribution in [3.8, 4) is 0 Å². The molecule has 2 nitrogen and oxygen atoms in total. The molecule has 0 amide bonds. The van der Waals surface area contributed by atoms with E-state index in [1.54, 1.807) is 6.07 Å². The van der Waals surface area contributed by atoms with Crippen molar-refractivity contribution in [3.63, 3.8) is 0 Å². The average molecular weight is 285 g/mol. The van der Waals surface area contributed by atoms with Gasteiger partial charge in [-0.2, -0.15) is 0 Å². The van der Waals surface area contributed by atoms with Crippen LogP contribution in [0, 0.1) is 5.92 Å². The van der Waals surface area contributed by atoms with Crippen LogP contribution in [-0.2, 0) is 6.42 Å². The van der Waals surface area contributed by atoms with Gasteiger partial charge in [-0.15, -0.1) is 0 Å². The Morgan fingerprint density at radius 3 is 2.67 bits per heavy atom. The molecule has 1 fully saturated rings. The standard InChI is InChI=1S/C14H18Cl2N2/c15-12-6-5-10(13(16)9-12)7-8-18-14(17)11-3-1-2-4-11/h5-6,9,11H,1-4,7-8H2,(H2,17,18). The summed E-state index contributed by atoms with van der Waals surface area (Å²) in [5.74, 6) is 1.32. The topological polar surface area (TPSA) is 38.4 Å². The summed E-state index contributed by atoms with van der Waals surface area (Å²) < 4.78 is 0. The molecule has 0 bridgehead atoms. The molecule has 0 unspecified atom stereocenters.